The van der Waals surface area contributed by atoms with E-state index >= 15 is 0 Å². The number of pyridine rings is 2. The minimum Gasteiger partial charge on any atom is -0.0679 e. The van der Waals surface area contributed by atoms with E-state index in [4.69, 9.17) is 0 Å². The zero-order valence-corrected chi connectivity index (χ0v) is 13.6. The number of hydrogen-bond acceptors (Lipinski definition) is 0. The highest BCUT2D eigenvalue weighted by Crippen LogP contribution is 2.19. The molecular weight excluding hydrogens is 308 g/mol. The minimum atomic E-state index is -0.527. The number of fused-ring (bicyclic) bond motifs is 2. The van der Waals surface area contributed by atoms with Crippen LogP contribution in [0.5, 0.6) is 0 Å². The molecule has 0 unspecified atom stereocenters. The fraction of sp³-hybridized carbons (Fsp3) is 0.143. The van der Waals surface area contributed by atoms with E-state index in [-0.39, 0.29) is 0 Å². The van der Waals surface area contributed by atoms with Crippen LogP contribution in [-0.4, -0.2) is 34.7 Å². The molecule has 0 N–H and O–H groups in total. The normalized spacial score (nSPS) is 17.9. The molecule has 3 aliphatic heterocycles. The van der Waals surface area contributed by atoms with Gasteiger partial charge in [0.1, 0.15) is 0 Å². The lowest BCUT2D eigenvalue weighted by atomic mass is 10.3. The first kappa shape index (κ1) is 13.9. The van der Waals surface area contributed by atoms with Gasteiger partial charge in [-0.1, -0.05) is 11.8 Å². The van der Waals surface area contributed by atoms with Crippen molar-refractivity contribution in [3.8, 4) is 23.7 Å². The predicted molar refractivity (Wildman–Crippen MR) is 91.9 cm³/mol. The largest absolute Gasteiger partial charge is 0.760 e. The molecule has 2 aromatic heterocycles. The van der Waals surface area contributed by atoms with Crippen LogP contribution in [0.4, 0.5) is 0 Å². The van der Waals surface area contributed by atoms with E-state index in [9.17, 15) is 0 Å². The summed E-state index contributed by atoms with van der Waals surface area (Å²) >= 11 is 0. The van der Waals surface area contributed by atoms with Crippen LogP contribution in [0, 0.1) is 23.7 Å². The summed E-state index contributed by atoms with van der Waals surface area (Å²) in [5.74, 6) is 12.1. The topological polar surface area (TPSA) is 13.8 Å². The molecule has 25 heavy (non-hydrogen) atoms. The second-order valence-corrected chi connectivity index (χ2v) is 6.08. The zero-order valence-electron chi connectivity index (χ0n) is 13.6. The van der Waals surface area contributed by atoms with Gasteiger partial charge in [-0.25, -0.2) is 0 Å². The van der Waals surface area contributed by atoms with Crippen molar-refractivity contribution in [2.45, 2.75) is 5.91 Å². The Morgan fingerprint density at radius 1 is 0.720 bits per heavy atom. The maximum atomic E-state index is 3.25. The summed E-state index contributed by atoms with van der Waals surface area (Å²) in [6, 6.07) is 12.5. The molecule has 1 spiro atoms. The van der Waals surface area contributed by atoms with Crippen molar-refractivity contribution in [1.82, 2.24) is 0 Å². The summed E-state index contributed by atoms with van der Waals surface area (Å²) in [5, 5.41) is 0. The van der Waals surface area contributed by atoms with Crippen LogP contribution < -0.4 is 9.13 Å². The highest BCUT2D eigenvalue weighted by Gasteiger charge is 2.79. The smallest absolute Gasteiger partial charge is 0.0679 e. The Kier molecular flexibility index (Phi) is 2.92. The van der Waals surface area contributed by atoms with E-state index < -0.39 is 5.91 Å². The average Bonchev–Trinajstić information content (AvgIpc) is 3.14. The Labute approximate surface area is 146 Å². The molecule has 4 nitrogen and oxygen atoms in total. The second-order valence-electron chi connectivity index (χ2n) is 6.08. The van der Waals surface area contributed by atoms with Crippen LogP contribution in [0.2, 0.25) is 0 Å². The summed E-state index contributed by atoms with van der Waals surface area (Å²) in [4.78, 5) is 0. The van der Waals surface area contributed by atoms with Gasteiger partial charge in [-0.15, -0.1) is 0 Å². The molecule has 0 radical (unpaired) electrons. The van der Waals surface area contributed by atoms with Gasteiger partial charge >= 0.3 is 5.91 Å². The van der Waals surface area contributed by atoms with E-state index in [0.29, 0.717) is 13.1 Å². The van der Waals surface area contributed by atoms with Crippen LogP contribution in [0.1, 0.15) is 11.4 Å². The maximum Gasteiger partial charge on any atom is 0.760 e. The first-order chi connectivity index (χ1) is 12.4. The summed E-state index contributed by atoms with van der Waals surface area (Å²) in [6.07, 6.45) is 12.2. The quantitative estimate of drug-likeness (QED) is 0.472. The molecule has 0 fully saturated rings. The Hall–Kier alpha value is -3.50. The van der Waals surface area contributed by atoms with Crippen molar-refractivity contribution >= 4 is 12.4 Å². The van der Waals surface area contributed by atoms with Crippen LogP contribution in [0.15, 0.2) is 60.9 Å². The van der Waals surface area contributed by atoms with Crippen molar-refractivity contribution in [3.05, 3.63) is 72.3 Å². The van der Waals surface area contributed by atoms with Gasteiger partial charge in [0.2, 0.25) is 13.1 Å². The van der Waals surface area contributed by atoms with Crippen LogP contribution in [0.25, 0.3) is 0 Å². The van der Waals surface area contributed by atoms with Gasteiger partial charge in [0.15, 0.2) is 12.4 Å². The standard InChI is InChI=1S/C21H16N4/c1-2-4-8-14-23-18-20-12-6-10-16-25(20)21(23)22(13-7-3-1)17-19-11-5-9-15-24(19)21/h1-2,5-6,9-12,15-18H,13-14H2/q+4. The van der Waals surface area contributed by atoms with Gasteiger partial charge in [-0.05, 0) is 45.3 Å². The Morgan fingerprint density at radius 3 is 1.76 bits per heavy atom. The highest BCUT2D eigenvalue weighted by molar-refractivity contribution is 5.73. The molecule has 3 aliphatic rings. The molecule has 5 heterocycles. The SMILES string of the molecule is C1#CC[N+]2=Cc3cccc[n+]3C23[N+](=Cc2cccc[n+]23)CC#CC=C1. The van der Waals surface area contributed by atoms with E-state index in [1.807, 2.05) is 12.2 Å². The molecule has 5 rings (SSSR count). The molecule has 116 valence electrons. The number of aromatic nitrogens is 2. The summed E-state index contributed by atoms with van der Waals surface area (Å²) in [6.45, 7) is 1.25. The molecule has 0 bridgehead atoms. The summed E-state index contributed by atoms with van der Waals surface area (Å²) < 4.78 is 9.13. The first-order valence-corrected chi connectivity index (χ1v) is 8.28. The molecule has 0 aromatic carbocycles. The lowest BCUT2D eigenvalue weighted by Crippen LogP contribution is -2.80. The lowest BCUT2D eigenvalue weighted by Gasteiger charge is -2.08. The van der Waals surface area contributed by atoms with Crippen LogP contribution in [0.3, 0.4) is 0 Å². The van der Waals surface area contributed by atoms with Crippen LogP contribution >= 0.6 is 0 Å². The fourth-order valence-corrected chi connectivity index (χ4v) is 3.76. The fourth-order valence-electron chi connectivity index (χ4n) is 3.76. The molecule has 0 atom stereocenters. The Bertz CT molecular complexity index is 1020. The number of allylic oxidation sites excluding steroid dienone is 2. The summed E-state index contributed by atoms with van der Waals surface area (Å²) in [5.41, 5.74) is 2.29. The van der Waals surface area contributed by atoms with E-state index in [1.165, 1.54) is 0 Å². The molecule has 0 saturated carbocycles. The Morgan fingerprint density at radius 2 is 1.24 bits per heavy atom. The van der Waals surface area contributed by atoms with Gasteiger partial charge < -0.3 is 0 Å². The van der Waals surface area contributed by atoms with E-state index in [2.05, 4.69) is 103 Å². The Balaban J connectivity index is 1.85. The maximum absolute atomic E-state index is 3.25. The van der Waals surface area contributed by atoms with Gasteiger partial charge in [-0.2, -0.15) is 0 Å². The highest BCUT2D eigenvalue weighted by atomic mass is 15.6. The molecule has 2 aromatic rings. The third-order valence-corrected chi connectivity index (χ3v) is 4.73. The van der Waals surface area contributed by atoms with Crippen molar-refractivity contribution in [1.29, 1.82) is 0 Å². The van der Waals surface area contributed by atoms with Crippen molar-refractivity contribution < 1.29 is 18.3 Å². The molecule has 0 saturated heterocycles. The van der Waals surface area contributed by atoms with E-state index in [1.54, 1.807) is 0 Å². The third-order valence-electron chi connectivity index (χ3n) is 4.73. The van der Waals surface area contributed by atoms with Gasteiger partial charge in [-0.3, -0.25) is 0 Å². The van der Waals surface area contributed by atoms with Crippen molar-refractivity contribution in [2.75, 3.05) is 13.1 Å². The third kappa shape index (κ3) is 1.86. The van der Waals surface area contributed by atoms with Crippen molar-refractivity contribution in [2.24, 2.45) is 0 Å². The first-order valence-electron chi connectivity index (χ1n) is 8.28. The van der Waals surface area contributed by atoms with Gasteiger partial charge in [0.05, 0.1) is 0 Å². The molecule has 0 aliphatic carbocycles. The molecule has 0 amide bonds. The zero-order chi connectivity index (χ0) is 16.7. The van der Waals surface area contributed by atoms with Gasteiger partial charge in [0.25, 0.3) is 23.8 Å². The number of rotatable bonds is 0. The molecular formula is C21H16N4+4. The monoisotopic (exact) mass is 324 g/mol. The van der Waals surface area contributed by atoms with E-state index in [0.717, 1.165) is 11.4 Å². The number of nitrogens with zero attached hydrogens (tertiary/aromatic N) is 4. The predicted octanol–water partition coefficient (Wildman–Crippen LogP) is -0.156. The average molecular weight is 324 g/mol. The molecule has 4 heteroatoms. The second kappa shape index (κ2) is 5.26. The number of hydrogen-bond donors (Lipinski definition) is 0. The minimum absolute atomic E-state index is 0.527. The van der Waals surface area contributed by atoms with Crippen LogP contribution in [-0.2, 0) is 5.91 Å². The van der Waals surface area contributed by atoms with Gasteiger partial charge in [0, 0.05) is 33.4 Å². The summed E-state index contributed by atoms with van der Waals surface area (Å²) in [7, 11) is 0. The lowest BCUT2D eigenvalue weighted by molar-refractivity contribution is -1.23. The van der Waals surface area contributed by atoms with Crippen molar-refractivity contribution in [3.63, 3.8) is 0 Å².